The Morgan fingerprint density at radius 1 is 1.20 bits per heavy atom. The topological polar surface area (TPSA) is 37.3 Å². The van der Waals surface area contributed by atoms with Gasteiger partial charge in [-0.05, 0) is 0 Å². The molecule has 0 rings (SSSR count). The predicted molar refractivity (Wildman–Crippen MR) is 69.9 cm³/mol. The molecule has 4 heteroatoms. The zero-order valence-corrected chi connectivity index (χ0v) is 13.6. The minimum absolute atomic E-state index is 0.354. The fourth-order valence-electron chi connectivity index (χ4n) is 1.30. The van der Waals surface area contributed by atoms with Gasteiger partial charge in [-0.1, -0.05) is 0 Å². The summed E-state index contributed by atoms with van der Waals surface area (Å²) in [5.41, 5.74) is 0. The number of rotatable bonds is 10. The van der Waals surface area contributed by atoms with Crippen LogP contribution < -0.4 is 0 Å². The summed E-state index contributed by atoms with van der Waals surface area (Å²) in [5, 5.41) is 8.59. The van der Waals surface area contributed by atoms with Crippen LogP contribution in [0.2, 0.25) is 8.87 Å². The van der Waals surface area contributed by atoms with E-state index in [2.05, 4.69) is 13.8 Å². The molecule has 0 fully saturated rings. The predicted octanol–water partition coefficient (Wildman–Crippen LogP) is 3.79. The molecule has 2 nitrogen and oxygen atoms in total. The average molecular weight is 338 g/mol. The third-order valence-corrected chi connectivity index (χ3v) is 16.2. The van der Waals surface area contributed by atoms with E-state index in [-0.39, 0.29) is 0 Å². The van der Waals surface area contributed by atoms with Crippen molar-refractivity contribution < 1.29 is 9.90 Å². The standard InChI is InChI=1S/2C4H9.C3H6O2S.Sn/c2*1-3-4-2;4-3(5)1-2-6;/h2*1,3-4H2,2H3;6H,1-2H2,(H,4,5);/q;;;+1/p-1. The van der Waals surface area contributed by atoms with Crippen LogP contribution in [0, 0.1) is 0 Å². The van der Waals surface area contributed by atoms with Gasteiger partial charge < -0.3 is 0 Å². The van der Waals surface area contributed by atoms with E-state index in [4.69, 9.17) is 5.11 Å². The molecule has 0 bridgehead atoms. The van der Waals surface area contributed by atoms with Crippen LogP contribution in [0.1, 0.15) is 46.0 Å². The Bertz CT molecular complexity index is 157. The van der Waals surface area contributed by atoms with Gasteiger partial charge in [-0.3, -0.25) is 0 Å². The monoisotopic (exact) mass is 339 g/mol. The molecular formula is C11H23O2SSn. The van der Waals surface area contributed by atoms with Crippen LogP contribution in [0.5, 0.6) is 0 Å². The summed E-state index contributed by atoms with van der Waals surface area (Å²) in [5.74, 6) is 0.216. The van der Waals surface area contributed by atoms with Gasteiger partial charge in [-0.25, -0.2) is 0 Å². The molecule has 1 radical (unpaired) electrons. The summed E-state index contributed by atoms with van der Waals surface area (Å²) in [6, 6.07) is 0. The number of carboxylic acid groups (broad SMARTS) is 1. The van der Waals surface area contributed by atoms with Crippen molar-refractivity contribution in [1.82, 2.24) is 0 Å². The molecule has 0 aliphatic carbocycles. The minimum atomic E-state index is -1.24. The van der Waals surface area contributed by atoms with Crippen molar-refractivity contribution in [2.75, 3.05) is 5.75 Å². The van der Waals surface area contributed by atoms with Gasteiger partial charge in [0.25, 0.3) is 0 Å². The molecule has 0 unspecified atom stereocenters. The Hall–Kier alpha value is 0.619. The molecule has 0 aromatic rings. The van der Waals surface area contributed by atoms with Crippen LogP contribution >= 0.6 is 8.95 Å². The van der Waals surface area contributed by atoms with Crippen molar-refractivity contribution in [3.8, 4) is 0 Å². The van der Waals surface area contributed by atoms with Gasteiger partial charge in [0, 0.05) is 0 Å². The second kappa shape index (κ2) is 11.1. The molecule has 0 aromatic heterocycles. The van der Waals surface area contributed by atoms with Gasteiger partial charge in [-0.2, -0.15) is 0 Å². The van der Waals surface area contributed by atoms with Crippen molar-refractivity contribution in [2.24, 2.45) is 0 Å². The fraction of sp³-hybridized carbons (Fsp3) is 0.909. The maximum atomic E-state index is 10.4. The summed E-state index contributed by atoms with van der Waals surface area (Å²) in [4.78, 5) is 10.4. The Kier molecular flexibility index (Phi) is 11.6. The number of aliphatic carboxylic acids is 1. The summed E-state index contributed by atoms with van der Waals surface area (Å²) >= 11 is -1.24. The summed E-state index contributed by atoms with van der Waals surface area (Å²) in [6.45, 7) is 4.48. The van der Waals surface area contributed by atoms with Gasteiger partial charge in [-0.15, -0.1) is 0 Å². The molecular weight excluding hydrogens is 315 g/mol. The van der Waals surface area contributed by atoms with Gasteiger partial charge in [0.05, 0.1) is 0 Å². The van der Waals surface area contributed by atoms with E-state index in [1.54, 1.807) is 0 Å². The van der Waals surface area contributed by atoms with Crippen LogP contribution in [0.4, 0.5) is 0 Å². The van der Waals surface area contributed by atoms with E-state index >= 15 is 0 Å². The van der Waals surface area contributed by atoms with E-state index in [0.717, 1.165) is 5.75 Å². The first kappa shape index (κ1) is 15.6. The number of hydrogen-bond donors (Lipinski definition) is 1. The molecule has 0 aliphatic heterocycles. The number of unbranched alkanes of at least 4 members (excludes halogenated alkanes) is 2. The van der Waals surface area contributed by atoms with Crippen LogP contribution in [0.3, 0.4) is 0 Å². The molecule has 0 spiro atoms. The van der Waals surface area contributed by atoms with E-state index in [0.29, 0.717) is 6.42 Å². The SMILES string of the molecule is CCC[CH2][Sn]([CH2]CCC)[S]CCC(=O)O. The summed E-state index contributed by atoms with van der Waals surface area (Å²) < 4.78 is 2.89. The van der Waals surface area contributed by atoms with Gasteiger partial charge in [0.1, 0.15) is 0 Å². The van der Waals surface area contributed by atoms with Gasteiger partial charge in [0.2, 0.25) is 0 Å². The fourth-order valence-corrected chi connectivity index (χ4v) is 14.9. The quantitative estimate of drug-likeness (QED) is 0.616. The molecule has 0 atom stereocenters. The molecule has 0 saturated carbocycles. The number of carbonyl (C=O) groups is 1. The van der Waals surface area contributed by atoms with E-state index < -0.39 is 24.3 Å². The zero-order valence-electron chi connectivity index (χ0n) is 9.92. The van der Waals surface area contributed by atoms with E-state index in [1.165, 1.54) is 34.6 Å². The molecule has 1 N–H and O–H groups in total. The van der Waals surface area contributed by atoms with Crippen LogP contribution in [0.25, 0.3) is 0 Å². The van der Waals surface area contributed by atoms with Crippen molar-refractivity contribution in [2.45, 2.75) is 54.8 Å². The van der Waals surface area contributed by atoms with Crippen molar-refractivity contribution in [3.05, 3.63) is 0 Å². The van der Waals surface area contributed by atoms with Crippen LogP contribution in [-0.4, -0.2) is 35.2 Å². The maximum absolute atomic E-state index is 10.4. The third kappa shape index (κ3) is 10.9. The second-order valence-corrected chi connectivity index (χ2v) is 16.7. The van der Waals surface area contributed by atoms with Crippen molar-refractivity contribution in [1.29, 1.82) is 0 Å². The van der Waals surface area contributed by atoms with Gasteiger partial charge in [0.15, 0.2) is 0 Å². The van der Waals surface area contributed by atoms with Crippen molar-refractivity contribution >= 4 is 33.3 Å². The first-order chi connectivity index (χ1) is 7.20. The molecule has 0 saturated heterocycles. The van der Waals surface area contributed by atoms with E-state index in [9.17, 15) is 4.79 Å². The Morgan fingerprint density at radius 3 is 2.13 bits per heavy atom. The van der Waals surface area contributed by atoms with Crippen LogP contribution in [-0.2, 0) is 4.79 Å². The van der Waals surface area contributed by atoms with Crippen LogP contribution in [0.15, 0.2) is 0 Å². The zero-order chi connectivity index (χ0) is 11.5. The molecule has 15 heavy (non-hydrogen) atoms. The molecule has 0 heterocycles. The Morgan fingerprint density at radius 2 is 1.73 bits per heavy atom. The Labute approximate surface area is 103 Å². The third-order valence-electron chi connectivity index (χ3n) is 2.24. The first-order valence-electron chi connectivity index (χ1n) is 5.90. The average Bonchev–Trinajstić information content (AvgIpc) is 2.20. The van der Waals surface area contributed by atoms with Crippen molar-refractivity contribution in [3.63, 3.8) is 0 Å². The number of hydrogen-bond acceptors (Lipinski definition) is 2. The summed E-state index contributed by atoms with van der Waals surface area (Å²) in [7, 11) is 2.05. The molecule has 0 aromatic carbocycles. The molecule has 0 amide bonds. The number of carboxylic acids is 1. The van der Waals surface area contributed by atoms with E-state index in [1.807, 2.05) is 8.95 Å². The molecule has 89 valence electrons. The normalized spacial score (nSPS) is 10.9. The molecule has 0 aliphatic rings. The van der Waals surface area contributed by atoms with Gasteiger partial charge >= 0.3 is 104 Å². The second-order valence-electron chi connectivity index (χ2n) is 3.74. The Balaban J connectivity index is 3.63. The summed E-state index contributed by atoms with van der Waals surface area (Å²) in [6.07, 6.45) is 5.65. The first-order valence-corrected chi connectivity index (χ1v) is 14.4.